The quantitative estimate of drug-likeness (QED) is 0.837. The first-order chi connectivity index (χ1) is 13.1. The lowest BCUT2D eigenvalue weighted by atomic mass is 9.78. The molecule has 3 aliphatic rings. The first kappa shape index (κ1) is 18.4. The largest absolute Gasteiger partial charge is 0.352 e. The van der Waals surface area contributed by atoms with Gasteiger partial charge >= 0.3 is 0 Å². The van der Waals surface area contributed by atoms with Gasteiger partial charge in [0.15, 0.2) is 0 Å². The molecule has 2 aliphatic heterocycles. The Morgan fingerprint density at radius 1 is 1.22 bits per heavy atom. The lowest BCUT2D eigenvalue weighted by Gasteiger charge is -2.51. The van der Waals surface area contributed by atoms with Crippen molar-refractivity contribution in [2.24, 2.45) is 5.92 Å². The molecule has 2 N–H and O–H groups in total. The Balaban J connectivity index is 1.40. The average Bonchev–Trinajstić information content (AvgIpc) is 3.18. The predicted octanol–water partition coefficient (Wildman–Crippen LogP) is 1.42. The summed E-state index contributed by atoms with van der Waals surface area (Å²) in [5.41, 5.74) is 4.26. The van der Waals surface area contributed by atoms with E-state index in [1.54, 1.807) is 12.1 Å². The number of rotatable bonds is 4. The number of nitrogens with zero attached hydrogens (tertiary/aromatic N) is 2. The van der Waals surface area contributed by atoms with Crippen LogP contribution in [0.1, 0.15) is 38.2 Å². The van der Waals surface area contributed by atoms with Crippen LogP contribution in [0.4, 0.5) is 4.39 Å². The number of hydrogen-bond donors (Lipinski definition) is 2. The van der Waals surface area contributed by atoms with Gasteiger partial charge < -0.3 is 10.2 Å². The highest BCUT2D eigenvalue weighted by molar-refractivity contribution is 5.84. The van der Waals surface area contributed by atoms with Crippen LogP contribution in [0.25, 0.3) is 0 Å². The summed E-state index contributed by atoms with van der Waals surface area (Å²) in [6.07, 6.45) is 3.30. The first-order valence-corrected chi connectivity index (χ1v) is 9.93. The Hall–Kier alpha value is -1.99. The number of benzene rings is 1. The van der Waals surface area contributed by atoms with Crippen molar-refractivity contribution in [2.45, 2.75) is 57.3 Å². The molecule has 6 nitrogen and oxygen atoms in total. The second-order valence-corrected chi connectivity index (χ2v) is 7.73. The normalized spacial score (nSPS) is 30.7. The number of fused-ring (bicyclic) bond motifs is 3. The molecule has 0 spiro atoms. The molecule has 4 rings (SSSR count). The van der Waals surface area contributed by atoms with Crippen LogP contribution in [0.3, 0.4) is 0 Å². The monoisotopic (exact) mass is 374 g/mol. The van der Waals surface area contributed by atoms with Crippen LogP contribution in [0.5, 0.6) is 0 Å². The van der Waals surface area contributed by atoms with Crippen molar-refractivity contribution in [3.05, 3.63) is 35.6 Å². The first-order valence-electron chi connectivity index (χ1n) is 9.93. The molecule has 0 bridgehead atoms. The summed E-state index contributed by atoms with van der Waals surface area (Å²) in [6.45, 7) is 3.95. The van der Waals surface area contributed by atoms with Crippen molar-refractivity contribution in [3.63, 3.8) is 0 Å². The van der Waals surface area contributed by atoms with E-state index in [-0.39, 0.29) is 41.7 Å². The topological polar surface area (TPSA) is 64.7 Å². The molecular weight excluding hydrogens is 347 g/mol. The average molecular weight is 374 g/mol. The Morgan fingerprint density at radius 3 is 2.74 bits per heavy atom. The third-order valence-electron chi connectivity index (χ3n) is 6.25. The number of hydrazine groups is 1. The highest BCUT2D eigenvalue weighted by atomic mass is 19.1. The Bertz CT molecular complexity index is 710. The Labute approximate surface area is 159 Å². The highest BCUT2D eigenvalue weighted by Gasteiger charge is 2.50. The fraction of sp³-hybridized carbons (Fsp3) is 0.600. The van der Waals surface area contributed by atoms with Crippen molar-refractivity contribution >= 4 is 11.8 Å². The summed E-state index contributed by atoms with van der Waals surface area (Å²) in [7, 11) is 0. The number of piperazine rings is 1. The van der Waals surface area contributed by atoms with Crippen LogP contribution in [0, 0.1) is 11.7 Å². The molecule has 1 aliphatic carbocycles. The summed E-state index contributed by atoms with van der Waals surface area (Å²) >= 11 is 0. The number of carbonyl (C=O) groups excluding carboxylic acids is 2. The molecular formula is C20H27FN4O2. The molecule has 2 saturated heterocycles. The van der Waals surface area contributed by atoms with Crippen molar-refractivity contribution in [3.8, 4) is 0 Å². The number of likely N-dealkylation sites (N-methyl/N-ethyl adjacent to an activating group) is 1. The molecule has 7 heteroatoms. The molecule has 27 heavy (non-hydrogen) atoms. The molecule has 2 amide bonds. The molecule has 2 heterocycles. The lowest BCUT2D eigenvalue weighted by Crippen LogP contribution is -2.68. The predicted molar refractivity (Wildman–Crippen MR) is 98.8 cm³/mol. The van der Waals surface area contributed by atoms with Crippen LogP contribution >= 0.6 is 0 Å². The highest BCUT2D eigenvalue weighted by Crippen LogP contribution is 2.37. The third-order valence-corrected chi connectivity index (χ3v) is 6.25. The van der Waals surface area contributed by atoms with E-state index in [1.807, 2.05) is 11.8 Å². The molecule has 0 aromatic heterocycles. The third kappa shape index (κ3) is 3.46. The maximum Gasteiger partial charge on any atom is 0.241 e. The van der Waals surface area contributed by atoms with E-state index < -0.39 is 0 Å². The minimum absolute atomic E-state index is 0.0257. The SMILES string of the molecule is CCN1C(=O)C2CCNN2C2CCC(C(=O)NCc3ccc(F)cc3)CC21. The maximum atomic E-state index is 13.0. The zero-order valence-electron chi connectivity index (χ0n) is 15.7. The van der Waals surface area contributed by atoms with Gasteiger partial charge in [0.25, 0.3) is 0 Å². The minimum atomic E-state index is -0.279. The van der Waals surface area contributed by atoms with E-state index in [2.05, 4.69) is 15.8 Å². The van der Waals surface area contributed by atoms with Crippen LogP contribution in [0.15, 0.2) is 24.3 Å². The Kier molecular flexibility index (Phi) is 5.14. The molecule has 1 aromatic rings. The van der Waals surface area contributed by atoms with Crippen LogP contribution in [-0.2, 0) is 16.1 Å². The summed E-state index contributed by atoms with van der Waals surface area (Å²) in [4.78, 5) is 27.5. The van der Waals surface area contributed by atoms with E-state index >= 15 is 0 Å². The van der Waals surface area contributed by atoms with Crippen LogP contribution < -0.4 is 10.7 Å². The standard InChI is InChI=1S/C20H27FN4O2/c1-2-24-18-11-14(19(26)22-12-13-3-6-15(21)7-4-13)5-8-16(18)25-17(20(24)27)9-10-23-25/h3-4,6-7,14,16-18,23H,2,5,8-12H2,1H3,(H,22,26). The number of halogens is 1. The minimum Gasteiger partial charge on any atom is -0.352 e. The molecule has 146 valence electrons. The van der Waals surface area contributed by atoms with Gasteiger partial charge in [-0.1, -0.05) is 12.1 Å². The number of amides is 2. The molecule has 0 radical (unpaired) electrons. The van der Waals surface area contributed by atoms with E-state index in [9.17, 15) is 14.0 Å². The zero-order chi connectivity index (χ0) is 19.0. The zero-order valence-corrected chi connectivity index (χ0v) is 15.7. The summed E-state index contributed by atoms with van der Waals surface area (Å²) in [5, 5.41) is 5.14. The van der Waals surface area contributed by atoms with Gasteiger partial charge in [0, 0.05) is 37.6 Å². The van der Waals surface area contributed by atoms with E-state index in [0.29, 0.717) is 19.5 Å². The second-order valence-electron chi connectivity index (χ2n) is 7.73. The van der Waals surface area contributed by atoms with Crippen molar-refractivity contribution in [2.75, 3.05) is 13.1 Å². The summed E-state index contributed by atoms with van der Waals surface area (Å²) < 4.78 is 13.0. The molecule has 1 saturated carbocycles. The van der Waals surface area contributed by atoms with Crippen LogP contribution in [0.2, 0.25) is 0 Å². The summed E-state index contributed by atoms with van der Waals surface area (Å²) in [6, 6.07) is 6.50. The van der Waals surface area contributed by atoms with E-state index in [4.69, 9.17) is 0 Å². The van der Waals surface area contributed by atoms with Gasteiger partial charge in [-0.2, -0.15) is 0 Å². The fourth-order valence-corrected chi connectivity index (χ4v) is 4.88. The number of nitrogens with one attached hydrogen (secondary N) is 2. The van der Waals surface area contributed by atoms with Crippen molar-refractivity contribution in [1.82, 2.24) is 20.7 Å². The van der Waals surface area contributed by atoms with E-state index in [1.165, 1.54) is 12.1 Å². The number of hydrogen-bond acceptors (Lipinski definition) is 4. The van der Waals surface area contributed by atoms with Crippen molar-refractivity contribution in [1.29, 1.82) is 0 Å². The van der Waals surface area contributed by atoms with Gasteiger partial charge in [-0.05, 0) is 50.3 Å². The molecule has 3 fully saturated rings. The van der Waals surface area contributed by atoms with Gasteiger partial charge in [0.2, 0.25) is 11.8 Å². The Morgan fingerprint density at radius 2 is 2.00 bits per heavy atom. The molecule has 1 aromatic carbocycles. The lowest BCUT2D eigenvalue weighted by molar-refractivity contribution is -0.155. The second kappa shape index (κ2) is 7.56. The van der Waals surface area contributed by atoms with Gasteiger partial charge in [0.1, 0.15) is 11.9 Å². The van der Waals surface area contributed by atoms with E-state index in [0.717, 1.165) is 31.4 Å². The smallest absolute Gasteiger partial charge is 0.241 e. The van der Waals surface area contributed by atoms with Gasteiger partial charge in [-0.25, -0.2) is 9.40 Å². The maximum absolute atomic E-state index is 13.0. The van der Waals surface area contributed by atoms with Crippen molar-refractivity contribution < 1.29 is 14.0 Å². The van der Waals surface area contributed by atoms with Gasteiger partial charge in [-0.15, -0.1) is 0 Å². The van der Waals surface area contributed by atoms with Crippen LogP contribution in [-0.4, -0.2) is 52.9 Å². The van der Waals surface area contributed by atoms with Gasteiger partial charge in [0.05, 0.1) is 0 Å². The molecule has 4 atom stereocenters. The summed E-state index contributed by atoms with van der Waals surface area (Å²) in [5.74, 6) is -0.152. The van der Waals surface area contributed by atoms with Gasteiger partial charge in [-0.3, -0.25) is 15.0 Å². The number of carbonyl (C=O) groups is 2. The molecule has 4 unspecified atom stereocenters. The fourth-order valence-electron chi connectivity index (χ4n) is 4.88.